The molecule has 0 bridgehead atoms. The van der Waals surface area contributed by atoms with E-state index in [4.69, 9.17) is 10.5 Å². The van der Waals surface area contributed by atoms with Gasteiger partial charge in [-0.1, -0.05) is 0 Å². The highest BCUT2D eigenvalue weighted by molar-refractivity contribution is 7.15. The quantitative estimate of drug-likeness (QED) is 0.922. The van der Waals surface area contributed by atoms with Gasteiger partial charge in [0.25, 0.3) is 0 Å². The summed E-state index contributed by atoms with van der Waals surface area (Å²) in [7, 11) is 1.68. The molecule has 2 aromatic rings. The number of hydrogen-bond acceptors (Lipinski definition) is 7. The number of methoxy groups -OCH3 is 1. The molecule has 0 aromatic carbocycles. The molecule has 21 heavy (non-hydrogen) atoms. The summed E-state index contributed by atoms with van der Waals surface area (Å²) < 4.78 is 5.25. The predicted molar refractivity (Wildman–Crippen MR) is 84.8 cm³/mol. The molecule has 7 heteroatoms. The lowest BCUT2D eigenvalue weighted by atomic mass is 10.3. The number of hydrogen-bond donors (Lipinski definition) is 1. The van der Waals surface area contributed by atoms with Gasteiger partial charge in [-0.2, -0.15) is 0 Å². The van der Waals surface area contributed by atoms with Crippen molar-refractivity contribution in [1.29, 1.82) is 0 Å². The summed E-state index contributed by atoms with van der Waals surface area (Å²) in [6, 6.07) is 3.85. The van der Waals surface area contributed by atoms with Gasteiger partial charge in [-0.3, -0.25) is 4.90 Å². The molecule has 6 nitrogen and oxygen atoms in total. The third-order valence-corrected chi connectivity index (χ3v) is 4.41. The van der Waals surface area contributed by atoms with Gasteiger partial charge in [0, 0.05) is 56.1 Å². The van der Waals surface area contributed by atoms with Crippen molar-refractivity contribution >= 4 is 22.3 Å². The highest BCUT2D eigenvalue weighted by Crippen LogP contribution is 2.21. The fourth-order valence-electron chi connectivity index (χ4n) is 2.45. The highest BCUT2D eigenvalue weighted by atomic mass is 32.1. The molecule has 2 N–H and O–H groups in total. The van der Waals surface area contributed by atoms with E-state index in [0.717, 1.165) is 44.3 Å². The molecule has 1 aliphatic heterocycles. The van der Waals surface area contributed by atoms with Gasteiger partial charge >= 0.3 is 0 Å². The zero-order valence-electron chi connectivity index (χ0n) is 12.0. The average Bonchev–Trinajstić information content (AvgIpc) is 2.93. The number of piperazine rings is 1. The van der Waals surface area contributed by atoms with Crippen molar-refractivity contribution in [3.05, 3.63) is 29.4 Å². The molecule has 3 rings (SSSR count). The zero-order chi connectivity index (χ0) is 14.7. The molecule has 0 radical (unpaired) electrons. The summed E-state index contributed by atoms with van der Waals surface area (Å²) in [6.07, 6.45) is 3.66. The van der Waals surface area contributed by atoms with Crippen LogP contribution < -0.4 is 15.4 Å². The SMILES string of the molecule is COc1ccnc(N2CCN(Cc3cnc(N)s3)CC2)c1. The van der Waals surface area contributed by atoms with E-state index in [0.29, 0.717) is 5.13 Å². The molecule has 0 amide bonds. The predicted octanol–water partition coefficient (Wildman–Crippen LogP) is 1.45. The maximum atomic E-state index is 5.67. The molecule has 112 valence electrons. The van der Waals surface area contributed by atoms with Gasteiger partial charge in [-0.05, 0) is 6.07 Å². The van der Waals surface area contributed by atoms with E-state index in [1.54, 1.807) is 24.6 Å². The lowest BCUT2D eigenvalue weighted by Crippen LogP contribution is -2.46. The Kier molecular flexibility index (Phi) is 4.21. The second-order valence-corrected chi connectivity index (χ2v) is 6.13. The topological polar surface area (TPSA) is 67.5 Å². The summed E-state index contributed by atoms with van der Waals surface area (Å²) >= 11 is 1.57. The maximum absolute atomic E-state index is 5.67. The number of nitrogens with two attached hydrogens (primary N) is 1. The molecule has 1 aliphatic rings. The fraction of sp³-hybridized carbons (Fsp3) is 0.429. The van der Waals surface area contributed by atoms with Crippen LogP contribution in [0.4, 0.5) is 10.9 Å². The van der Waals surface area contributed by atoms with Gasteiger partial charge in [0.2, 0.25) is 0 Å². The Morgan fingerprint density at radius 3 is 2.76 bits per heavy atom. The van der Waals surface area contributed by atoms with E-state index in [1.165, 1.54) is 4.88 Å². The van der Waals surface area contributed by atoms with E-state index in [1.807, 2.05) is 18.3 Å². The summed E-state index contributed by atoms with van der Waals surface area (Å²) in [4.78, 5) is 14.5. The van der Waals surface area contributed by atoms with Crippen LogP contribution in [0.3, 0.4) is 0 Å². The molecule has 0 saturated carbocycles. The summed E-state index contributed by atoms with van der Waals surface area (Å²) in [5.74, 6) is 1.83. The number of pyridine rings is 1. The van der Waals surface area contributed by atoms with Crippen LogP contribution in [0, 0.1) is 0 Å². The molecule has 2 aromatic heterocycles. The van der Waals surface area contributed by atoms with E-state index in [-0.39, 0.29) is 0 Å². The Labute approximate surface area is 128 Å². The normalized spacial score (nSPS) is 16.1. The van der Waals surface area contributed by atoms with E-state index < -0.39 is 0 Å². The minimum absolute atomic E-state index is 0.643. The first-order chi connectivity index (χ1) is 10.2. The molecule has 0 aliphatic carbocycles. The van der Waals surface area contributed by atoms with Crippen LogP contribution in [0.5, 0.6) is 5.75 Å². The van der Waals surface area contributed by atoms with Crippen LogP contribution in [0.1, 0.15) is 4.88 Å². The maximum Gasteiger partial charge on any atom is 0.180 e. The second-order valence-electron chi connectivity index (χ2n) is 4.98. The lowest BCUT2D eigenvalue weighted by molar-refractivity contribution is 0.251. The van der Waals surface area contributed by atoms with Crippen LogP contribution in [-0.4, -0.2) is 48.2 Å². The number of ether oxygens (including phenoxy) is 1. The first-order valence-electron chi connectivity index (χ1n) is 6.92. The fourth-order valence-corrected chi connectivity index (χ4v) is 3.18. The monoisotopic (exact) mass is 305 g/mol. The Morgan fingerprint density at radius 2 is 2.10 bits per heavy atom. The van der Waals surface area contributed by atoms with Crippen LogP contribution in [-0.2, 0) is 6.54 Å². The summed E-state index contributed by atoms with van der Waals surface area (Å²) in [5, 5.41) is 0.643. The highest BCUT2D eigenvalue weighted by Gasteiger charge is 2.19. The standard InChI is InChI=1S/C14H19N5OS/c1-20-11-2-3-16-13(8-11)19-6-4-18(5-7-19)10-12-9-17-14(15)21-12/h2-3,8-9H,4-7,10H2,1H3,(H2,15,17). The number of thiazole rings is 1. The first kappa shape index (κ1) is 14.1. The molecule has 1 fully saturated rings. The van der Waals surface area contributed by atoms with Gasteiger partial charge in [0.05, 0.1) is 7.11 Å². The van der Waals surface area contributed by atoms with Gasteiger partial charge < -0.3 is 15.4 Å². The number of nitrogen functional groups attached to an aromatic ring is 1. The van der Waals surface area contributed by atoms with E-state index in [2.05, 4.69) is 19.8 Å². The van der Waals surface area contributed by atoms with Gasteiger partial charge in [-0.15, -0.1) is 11.3 Å². The van der Waals surface area contributed by atoms with Crippen molar-refractivity contribution in [2.75, 3.05) is 43.9 Å². The molecule has 1 saturated heterocycles. The Hall–Kier alpha value is -1.86. The smallest absolute Gasteiger partial charge is 0.180 e. The van der Waals surface area contributed by atoms with Crippen LogP contribution in [0.2, 0.25) is 0 Å². The summed E-state index contributed by atoms with van der Waals surface area (Å²) in [5.41, 5.74) is 5.67. The summed E-state index contributed by atoms with van der Waals surface area (Å²) in [6.45, 7) is 4.88. The number of rotatable bonds is 4. The Balaban J connectivity index is 1.57. The van der Waals surface area contributed by atoms with Crippen molar-refractivity contribution in [2.45, 2.75) is 6.54 Å². The Morgan fingerprint density at radius 1 is 1.29 bits per heavy atom. The van der Waals surface area contributed by atoms with Crippen LogP contribution >= 0.6 is 11.3 Å². The molecule has 0 unspecified atom stereocenters. The van der Waals surface area contributed by atoms with E-state index >= 15 is 0 Å². The molecule has 0 spiro atoms. The van der Waals surface area contributed by atoms with Crippen molar-refractivity contribution in [3.63, 3.8) is 0 Å². The Bertz CT molecular complexity index is 595. The number of nitrogens with zero attached hydrogens (tertiary/aromatic N) is 4. The zero-order valence-corrected chi connectivity index (χ0v) is 12.8. The number of aromatic nitrogens is 2. The molecule has 0 atom stereocenters. The van der Waals surface area contributed by atoms with Crippen molar-refractivity contribution in [1.82, 2.24) is 14.9 Å². The first-order valence-corrected chi connectivity index (χ1v) is 7.74. The molecular formula is C14H19N5OS. The lowest BCUT2D eigenvalue weighted by Gasteiger charge is -2.35. The van der Waals surface area contributed by atoms with Crippen LogP contribution in [0.25, 0.3) is 0 Å². The average molecular weight is 305 g/mol. The minimum Gasteiger partial charge on any atom is -0.497 e. The van der Waals surface area contributed by atoms with Gasteiger partial charge in [0.1, 0.15) is 11.6 Å². The van der Waals surface area contributed by atoms with Crippen molar-refractivity contribution in [2.24, 2.45) is 0 Å². The third kappa shape index (κ3) is 3.43. The minimum atomic E-state index is 0.643. The second kappa shape index (κ2) is 6.28. The number of anilines is 2. The van der Waals surface area contributed by atoms with Gasteiger partial charge in [-0.25, -0.2) is 9.97 Å². The largest absolute Gasteiger partial charge is 0.497 e. The van der Waals surface area contributed by atoms with Crippen LogP contribution in [0.15, 0.2) is 24.5 Å². The van der Waals surface area contributed by atoms with Crippen molar-refractivity contribution < 1.29 is 4.74 Å². The molecular weight excluding hydrogens is 286 g/mol. The van der Waals surface area contributed by atoms with Crippen molar-refractivity contribution in [3.8, 4) is 5.75 Å². The molecule has 3 heterocycles. The third-order valence-electron chi connectivity index (χ3n) is 3.60. The van der Waals surface area contributed by atoms with E-state index in [9.17, 15) is 0 Å². The van der Waals surface area contributed by atoms with Gasteiger partial charge in [0.15, 0.2) is 5.13 Å².